The lowest BCUT2D eigenvalue weighted by Gasteiger charge is -2.31. The second-order valence-corrected chi connectivity index (χ2v) is 7.43. The molecule has 0 bridgehead atoms. The Morgan fingerprint density at radius 1 is 1.32 bits per heavy atom. The first-order valence-electron chi connectivity index (χ1n) is 9.74. The third-order valence-corrected chi connectivity index (χ3v) is 5.13. The Bertz CT molecular complexity index is 816. The maximum atomic E-state index is 13.7. The highest BCUT2D eigenvalue weighted by molar-refractivity contribution is 5.97. The molecule has 2 amide bonds. The molecule has 172 valence electrons. The number of carbonyl (C=O) groups excluding carboxylic acids is 2. The molecule has 0 radical (unpaired) electrons. The minimum atomic E-state index is -4.53. The molecule has 1 aliphatic carbocycles. The van der Waals surface area contributed by atoms with Gasteiger partial charge < -0.3 is 20.7 Å². The number of nitrogens with two attached hydrogens (primary N) is 1. The SMILES string of the molecule is NC[C@@H](C(=O)Nc1ccc(N2CCOCC2=O)cc1C(F)F)N(CC(F)(F)F)C1CC1. The number of halogens is 5. The average Bonchev–Trinajstić information content (AvgIpc) is 3.53. The number of anilines is 2. The van der Waals surface area contributed by atoms with Crippen LogP contribution in [0.2, 0.25) is 0 Å². The zero-order valence-corrected chi connectivity index (χ0v) is 16.5. The van der Waals surface area contributed by atoms with Crippen LogP contribution in [0.5, 0.6) is 0 Å². The van der Waals surface area contributed by atoms with Crippen LogP contribution in [0.4, 0.5) is 33.3 Å². The molecule has 0 spiro atoms. The highest BCUT2D eigenvalue weighted by atomic mass is 19.4. The zero-order chi connectivity index (χ0) is 22.8. The van der Waals surface area contributed by atoms with E-state index in [9.17, 15) is 31.5 Å². The van der Waals surface area contributed by atoms with Gasteiger partial charge in [-0.05, 0) is 31.0 Å². The second-order valence-electron chi connectivity index (χ2n) is 7.43. The number of hydrogen-bond donors (Lipinski definition) is 2. The van der Waals surface area contributed by atoms with E-state index in [0.717, 1.165) is 11.0 Å². The number of hydrogen-bond acceptors (Lipinski definition) is 5. The lowest BCUT2D eigenvalue weighted by atomic mass is 10.1. The molecule has 7 nitrogen and oxygen atoms in total. The topological polar surface area (TPSA) is 87.9 Å². The lowest BCUT2D eigenvalue weighted by molar-refractivity contribution is -0.154. The summed E-state index contributed by atoms with van der Waals surface area (Å²) < 4.78 is 71.2. The van der Waals surface area contributed by atoms with Crippen LogP contribution in [0, 0.1) is 0 Å². The molecule has 1 saturated heterocycles. The summed E-state index contributed by atoms with van der Waals surface area (Å²) >= 11 is 0. The largest absolute Gasteiger partial charge is 0.401 e. The van der Waals surface area contributed by atoms with Crippen molar-refractivity contribution in [3.05, 3.63) is 23.8 Å². The van der Waals surface area contributed by atoms with Gasteiger partial charge >= 0.3 is 6.18 Å². The van der Waals surface area contributed by atoms with Crippen LogP contribution in [0.1, 0.15) is 24.8 Å². The quantitative estimate of drug-likeness (QED) is 0.594. The van der Waals surface area contributed by atoms with Gasteiger partial charge in [-0.15, -0.1) is 0 Å². The smallest absolute Gasteiger partial charge is 0.370 e. The van der Waals surface area contributed by atoms with Crippen molar-refractivity contribution < 1.29 is 36.3 Å². The van der Waals surface area contributed by atoms with Gasteiger partial charge in [0.05, 0.1) is 13.2 Å². The minimum Gasteiger partial charge on any atom is -0.370 e. The predicted octanol–water partition coefficient (Wildman–Crippen LogP) is 2.28. The lowest BCUT2D eigenvalue weighted by Crippen LogP contribution is -2.52. The van der Waals surface area contributed by atoms with Gasteiger partial charge in [-0.1, -0.05) is 0 Å². The Labute approximate surface area is 175 Å². The molecule has 31 heavy (non-hydrogen) atoms. The number of rotatable bonds is 8. The Balaban J connectivity index is 1.81. The maximum Gasteiger partial charge on any atom is 0.401 e. The van der Waals surface area contributed by atoms with Crippen LogP contribution >= 0.6 is 0 Å². The van der Waals surface area contributed by atoms with Crippen molar-refractivity contribution in [2.24, 2.45) is 5.73 Å². The molecule has 0 unspecified atom stereocenters. The van der Waals surface area contributed by atoms with Gasteiger partial charge in [-0.3, -0.25) is 14.5 Å². The second kappa shape index (κ2) is 9.45. The summed E-state index contributed by atoms with van der Waals surface area (Å²) in [7, 11) is 0. The van der Waals surface area contributed by atoms with E-state index in [-0.39, 0.29) is 31.1 Å². The molecule has 1 aliphatic heterocycles. The van der Waals surface area contributed by atoms with Crippen LogP contribution in [-0.4, -0.2) is 67.8 Å². The van der Waals surface area contributed by atoms with Gasteiger partial charge in [0.1, 0.15) is 12.6 Å². The zero-order valence-electron chi connectivity index (χ0n) is 16.5. The molecule has 1 aromatic rings. The van der Waals surface area contributed by atoms with Crippen LogP contribution in [-0.2, 0) is 14.3 Å². The average molecular weight is 450 g/mol. The van der Waals surface area contributed by atoms with Crippen molar-refractivity contribution >= 4 is 23.2 Å². The molecule has 1 heterocycles. The number of morpholine rings is 1. The number of ether oxygens (including phenoxy) is 1. The molecule has 2 aliphatic rings. The van der Waals surface area contributed by atoms with E-state index in [1.165, 1.54) is 17.0 Å². The third-order valence-electron chi connectivity index (χ3n) is 5.13. The van der Waals surface area contributed by atoms with E-state index in [4.69, 9.17) is 10.5 Å². The molecular weight excluding hydrogens is 427 g/mol. The number of benzene rings is 1. The fourth-order valence-electron chi connectivity index (χ4n) is 3.52. The third kappa shape index (κ3) is 5.89. The molecule has 2 fully saturated rings. The normalized spacial score (nSPS) is 18.6. The molecule has 1 saturated carbocycles. The summed E-state index contributed by atoms with van der Waals surface area (Å²) in [5, 5.41) is 2.30. The van der Waals surface area contributed by atoms with Crippen molar-refractivity contribution in [2.45, 2.75) is 37.5 Å². The van der Waals surface area contributed by atoms with Gasteiger partial charge in [0.15, 0.2) is 0 Å². The molecule has 3 rings (SSSR count). The van der Waals surface area contributed by atoms with Crippen molar-refractivity contribution in [2.75, 3.05) is 43.1 Å². The van der Waals surface area contributed by atoms with E-state index in [2.05, 4.69) is 5.32 Å². The Kier molecular flexibility index (Phi) is 7.12. The predicted molar refractivity (Wildman–Crippen MR) is 102 cm³/mol. The van der Waals surface area contributed by atoms with Crippen molar-refractivity contribution in [1.82, 2.24) is 4.90 Å². The summed E-state index contributed by atoms with van der Waals surface area (Å²) in [6.07, 6.45) is -6.51. The summed E-state index contributed by atoms with van der Waals surface area (Å²) in [6, 6.07) is 1.92. The van der Waals surface area contributed by atoms with Gasteiger partial charge in [-0.2, -0.15) is 13.2 Å². The van der Waals surface area contributed by atoms with Gasteiger partial charge in [0.25, 0.3) is 12.3 Å². The van der Waals surface area contributed by atoms with Crippen molar-refractivity contribution in [3.63, 3.8) is 0 Å². The Morgan fingerprint density at radius 3 is 2.58 bits per heavy atom. The summed E-state index contributed by atoms with van der Waals surface area (Å²) in [5.74, 6) is -1.28. The van der Waals surface area contributed by atoms with Gasteiger partial charge in [0, 0.05) is 36.1 Å². The summed E-state index contributed by atoms with van der Waals surface area (Å²) in [4.78, 5) is 26.9. The molecular formula is C19H23F5N4O3. The monoisotopic (exact) mass is 450 g/mol. The number of alkyl halides is 5. The van der Waals surface area contributed by atoms with Crippen LogP contribution in [0.3, 0.4) is 0 Å². The highest BCUT2D eigenvalue weighted by Crippen LogP contribution is 2.34. The van der Waals surface area contributed by atoms with E-state index in [1.807, 2.05) is 0 Å². The molecule has 1 aromatic carbocycles. The van der Waals surface area contributed by atoms with Crippen LogP contribution < -0.4 is 16.0 Å². The number of amides is 2. The standard InChI is InChI=1S/C19H23F5N4O3/c20-17(21)13-7-12(27-5-6-31-9-16(27)29)3-4-14(13)26-18(30)15(8-25)28(11-1-2-11)10-19(22,23)24/h3-4,7,11,15,17H,1-2,5-6,8-10,25H2,(H,26,30)/t15-/m0/s1. The number of carbonyl (C=O) groups is 2. The first kappa shape index (κ1) is 23.4. The highest BCUT2D eigenvalue weighted by Gasteiger charge is 2.43. The van der Waals surface area contributed by atoms with Crippen molar-refractivity contribution in [1.29, 1.82) is 0 Å². The van der Waals surface area contributed by atoms with E-state index >= 15 is 0 Å². The van der Waals surface area contributed by atoms with E-state index < -0.39 is 55.2 Å². The first-order chi connectivity index (χ1) is 14.6. The summed E-state index contributed by atoms with van der Waals surface area (Å²) in [6.45, 7) is -1.44. The number of nitrogens with one attached hydrogen (secondary N) is 1. The minimum absolute atomic E-state index is 0.170. The molecule has 12 heteroatoms. The Hall–Kier alpha value is -2.31. The van der Waals surface area contributed by atoms with Crippen LogP contribution in [0.15, 0.2) is 18.2 Å². The fourth-order valence-corrected chi connectivity index (χ4v) is 3.52. The number of nitrogens with zero attached hydrogens (tertiary/aromatic N) is 2. The molecule has 0 aromatic heterocycles. The first-order valence-corrected chi connectivity index (χ1v) is 9.74. The van der Waals surface area contributed by atoms with E-state index in [1.54, 1.807) is 0 Å². The maximum absolute atomic E-state index is 13.7. The van der Waals surface area contributed by atoms with Gasteiger partial charge in [-0.25, -0.2) is 8.78 Å². The summed E-state index contributed by atoms with van der Waals surface area (Å²) in [5.41, 5.74) is 5.00. The molecule has 3 N–H and O–H groups in total. The van der Waals surface area contributed by atoms with Gasteiger partial charge in [0.2, 0.25) is 5.91 Å². The van der Waals surface area contributed by atoms with Crippen LogP contribution in [0.25, 0.3) is 0 Å². The fraction of sp³-hybridized carbons (Fsp3) is 0.579. The Morgan fingerprint density at radius 2 is 2.03 bits per heavy atom. The van der Waals surface area contributed by atoms with Crippen molar-refractivity contribution in [3.8, 4) is 0 Å². The van der Waals surface area contributed by atoms with E-state index in [0.29, 0.717) is 12.8 Å². The molecule has 1 atom stereocenters.